The number of likely N-dealkylation sites (tertiary alicyclic amines) is 1. The van der Waals surface area contributed by atoms with E-state index in [1.165, 1.54) is 0 Å². The van der Waals surface area contributed by atoms with Crippen molar-refractivity contribution < 1.29 is 4.79 Å². The summed E-state index contributed by atoms with van der Waals surface area (Å²) < 4.78 is 0. The Hall–Kier alpha value is -1.97. The predicted molar refractivity (Wildman–Crippen MR) is 72.4 cm³/mol. The summed E-state index contributed by atoms with van der Waals surface area (Å²) in [4.78, 5) is 17.6. The Kier molecular flexibility index (Phi) is 2.51. The fourth-order valence-electron chi connectivity index (χ4n) is 2.70. The van der Waals surface area contributed by atoms with Gasteiger partial charge in [0.1, 0.15) is 0 Å². The molecule has 4 nitrogen and oxygen atoms in total. The van der Waals surface area contributed by atoms with Crippen molar-refractivity contribution in [1.82, 2.24) is 9.88 Å². The number of carbonyl (C=O) groups is 1. The van der Waals surface area contributed by atoms with Gasteiger partial charge in [0.05, 0.1) is 5.56 Å². The summed E-state index contributed by atoms with van der Waals surface area (Å²) in [7, 11) is 0. The number of nitrogens with zero attached hydrogens (tertiary/aromatic N) is 1. The van der Waals surface area contributed by atoms with Crippen LogP contribution in [0.25, 0.3) is 10.9 Å². The van der Waals surface area contributed by atoms with Crippen LogP contribution in [0.2, 0.25) is 0 Å². The average molecular weight is 243 g/mol. The number of nitrogens with one attached hydrogen (secondary N) is 1. The van der Waals surface area contributed by atoms with Gasteiger partial charge in [0, 0.05) is 35.4 Å². The van der Waals surface area contributed by atoms with E-state index in [2.05, 4.69) is 11.9 Å². The van der Waals surface area contributed by atoms with Gasteiger partial charge < -0.3 is 15.6 Å². The monoisotopic (exact) mass is 243 g/mol. The number of hydrogen-bond acceptors (Lipinski definition) is 2. The number of aromatic nitrogens is 1. The lowest BCUT2D eigenvalue weighted by Gasteiger charge is -2.20. The summed E-state index contributed by atoms with van der Waals surface area (Å²) in [5.41, 5.74) is 8.17. The highest BCUT2D eigenvalue weighted by Crippen LogP contribution is 2.25. The lowest BCUT2D eigenvalue weighted by molar-refractivity contribution is 0.0749. The molecule has 1 unspecified atom stereocenters. The van der Waals surface area contributed by atoms with E-state index in [1.54, 1.807) is 6.20 Å². The van der Waals surface area contributed by atoms with Gasteiger partial charge in [-0.3, -0.25) is 4.79 Å². The van der Waals surface area contributed by atoms with Gasteiger partial charge in [-0.15, -0.1) is 0 Å². The van der Waals surface area contributed by atoms with Crippen LogP contribution in [0.1, 0.15) is 30.1 Å². The molecule has 1 aliphatic heterocycles. The molecule has 3 rings (SSSR count). The lowest BCUT2D eigenvalue weighted by Crippen LogP contribution is -2.33. The van der Waals surface area contributed by atoms with E-state index in [1.807, 2.05) is 23.1 Å². The summed E-state index contributed by atoms with van der Waals surface area (Å²) in [6.45, 7) is 2.96. The second-order valence-corrected chi connectivity index (χ2v) is 5.00. The zero-order valence-electron chi connectivity index (χ0n) is 10.4. The van der Waals surface area contributed by atoms with Crippen molar-refractivity contribution >= 4 is 22.5 Å². The molecule has 1 saturated heterocycles. The van der Waals surface area contributed by atoms with Crippen LogP contribution in [0.15, 0.2) is 24.4 Å². The number of benzene rings is 1. The molecule has 1 fully saturated rings. The van der Waals surface area contributed by atoms with E-state index in [4.69, 9.17) is 5.73 Å². The van der Waals surface area contributed by atoms with Gasteiger partial charge in [0.15, 0.2) is 0 Å². The van der Waals surface area contributed by atoms with Crippen molar-refractivity contribution in [3.05, 3.63) is 30.0 Å². The number of fused-ring (bicyclic) bond motifs is 1. The maximum atomic E-state index is 12.5. The van der Waals surface area contributed by atoms with E-state index in [0.29, 0.717) is 11.7 Å². The fourth-order valence-corrected chi connectivity index (χ4v) is 2.70. The van der Waals surface area contributed by atoms with Gasteiger partial charge in [-0.1, -0.05) is 0 Å². The minimum absolute atomic E-state index is 0.108. The zero-order valence-corrected chi connectivity index (χ0v) is 10.4. The first-order chi connectivity index (χ1) is 8.66. The minimum Gasteiger partial charge on any atom is -0.399 e. The third kappa shape index (κ3) is 1.65. The molecule has 0 bridgehead atoms. The molecule has 1 atom stereocenters. The highest BCUT2D eigenvalue weighted by molar-refractivity contribution is 6.07. The molecule has 2 heterocycles. The quantitative estimate of drug-likeness (QED) is 0.755. The molecule has 1 amide bonds. The number of hydrogen-bond donors (Lipinski definition) is 2. The van der Waals surface area contributed by atoms with Gasteiger partial charge in [-0.25, -0.2) is 0 Å². The number of nitrogens with two attached hydrogens (primary N) is 1. The Balaban J connectivity index is 2.03. The fraction of sp³-hybridized carbons (Fsp3) is 0.357. The average Bonchev–Trinajstić information content (AvgIpc) is 2.94. The number of aromatic amines is 1. The second-order valence-electron chi connectivity index (χ2n) is 5.00. The van der Waals surface area contributed by atoms with E-state index < -0.39 is 0 Å². The summed E-state index contributed by atoms with van der Waals surface area (Å²) in [6.07, 6.45) is 3.98. The van der Waals surface area contributed by atoms with Crippen LogP contribution in [-0.2, 0) is 0 Å². The molecule has 4 heteroatoms. The first kappa shape index (κ1) is 11.1. The van der Waals surface area contributed by atoms with Crippen molar-refractivity contribution in [2.75, 3.05) is 12.3 Å². The Morgan fingerprint density at radius 3 is 3.06 bits per heavy atom. The lowest BCUT2D eigenvalue weighted by atomic mass is 10.1. The van der Waals surface area contributed by atoms with Gasteiger partial charge in [-0.05, 0) is 38.0 Å². The summed E-state index contributed by atoms with van der Waals surface area (Å²) in [5, 5.41) is 0.916. The first-order valence-corrected chi connectivity index (χ1v) is 6.34. The first-order valence-electron chi connectivity index (χ1n) is 6.34. The Bertz CT molecular complexity index is 602. The van der Waals surface area contributed by atoms with Gasteiger partial charge in [0.25, 0.3) is 5.91 Å². The van der Waals surface area contributed by atoms with Crippen LogP contribution in [0.5, 0.6) is 0 Å². The molecule has 1 aliphatic rings. The highest BCUT2D eigenvalue weighted by atomic mass is 16.2. The van der Waals surface area contributed by atoms with Crippen LogP contribution in [-0.4, -0.2) is 28.4 Å². The summed E-state index contributed by atoms with van der Waals surface area (Å²) >= 11 is 0. The number of amides is 1. The molecule has 0 saturated carbocycles. The number of rotatable bonds is 1. The van der Waals surface area contributed by atoms with Crippen molar-refractivity contribution in [3.8, 4) is 0 Å². The molecule has 94 valence electrons. The third-order valence-electron chi connectivity index (χ3n) is 3.75. The Labute approximate surface area is 106 Å². The second kappa shape index (κ2) is 4.05. The topological polar surface area (TPSA) is 62.1 Å². The number of nitrogen functional groups attached to an aromatic ring is 1. The van der Waals surface area contributed by atoms with Crippen LogP contribution in [0, 0.1) is 0 Å². The highest BCUT2D eigenvalue weighted by Gasteiger charge is 2.27. The van der Waals surface area contributed by atoms with Crippen molar-refractivity contribution in [1.29, 1.82) is 0 Å². The van der Waals surface area contributed by atoms with Gasteiger partial charge in [-0.2, -0.15) is 0 Å². The number of anilines is 1. The molecule has 1 aromatic carbocycles. The maximum absolute atomic E-state index is 12.5. The molecule has 1 aromatic heterocycles. The standard InChI is InChI=1S/C14H17N3O/c1-9-3-2-6-17(9)14(18)12-8-16-13-5-4-10(15)7-11(12)13/h4-5,7-9,16H,2-3,6,15H2,1H3. The van der Waals surface area contributed by atoms with Gasteiger partial charge in [0.2, 0.25) is 0 Å². The molecule has 0 radical (unpaired) electrons. The van der Waals surface area contributed by atoms with E-state index >= 15 is 0 Å². The SMILES string of the molecule is CC1CCCN1C(=O)c1c[nH]c2ccc(N)cc12. The molecule has 3 N–H and O–H groups in total. The summed E-state index contributed by atoms with van der Waals surface area (Å²) in [6, 6.07) is 5.95. The van der Waals surface area contributed by atoms with Crippen molar-refractivity contribution in [2.24, 2.45) is 0 Å². The molecular weight excluding hydrogens is 226 g/mol. The zero-order chi connectivity index (χ0) is 12.7. The smallest absolute Gasteiger partial charge is 0.256 e. The molecule has 2 aromatic rings. The van der Waals surface area contributed by atoms with Crippen LogP contribution < -0.4 is 5.73 Å². The summed E-state index contributed by atoms with van der Waals surface area (Å²) in [5.74, 6) is 0.108. The van der Waals surface area contributed by atoms with E-state index in [-0.39, 0.29) is 5.91 Å². The molecule has 18 heavy (non-hydrogen) atoms. The van der Waals surface area contributed by atoms with Crippen molar-refractivity contribution in [3.63, 3.8) is 0 Å². The number of H-pyrrole nitrogens is 1. The molecule has 0 aliphatic carbocycles. The molecular formula is C14H17N3O. The van der Waals surface area contributed by atoms with Crippen LogP contribution in [0.3, 0.4) is 0 Å². The Morgan fingerprint density at radius 2 is 2.33 bits per heavy atom. The molecule has 0 spiro atoms. The number of carbonyl (C=O) groups excluding carboxylic acids is 1. The van der Waals surface area contributed by atoms with Crippen LogP contribution in [0.4, 0.5) is 5.69 Å². The minimum atomic E-state index is 0.108. The van der Waals surface area contributed by atoms with Crippen LogP contribution >= 0.6 is 0 Å². The normalized spacial score (nSPS) is 19.6. The maximum Gasteiger partial charge on any atom is 0.256 e. The van der Waals surface area contributed by atoms with E-state index in [0.717, 1.165) is 35.9 Å². The van der Waals surface area contributed by atoms with Gasteiger partial charge >= 0.3 is 0 Å². The largest absolute Gasteiger partial charge is 0.399 e. The predicted octanol–water partition coefficient (Wildman–Crippen LogP) is 2.37. The van der Waals surface area contributed by atoms with Crippen molar-refractivity contribution in [2.45, 2.75) is 25.8 Å². The van der Waals surface area contributed by atoms with E-state index in [9.17, 15) is 4.79 Å². The third-order valence-corrected chi connectivity index (χ3v) is 3.75. The Morgan fingerprint density at radius 1 is 1.50 bits per heavy atom.